The van der Waals surface area contributed by atoms with Crippen LogP contribution in [0.3, 0.4) is 0 Å². The third-order valence-electron chi connectivity index (χ3n) is 3.23. The van der Waals surface area contributed by atoms with Crippen molar-refractivity contribution in [3.63, 3.8) is 0 Å². The number of β-lactam (4-membered cyclic amide) rings is 1. The van der Waals surface area contributed by atoms with Gasteiger partial charge in [0.15, 0.2) is 0 Å². The topological polar surface area (TPSA) is 132 Å². The summed E-state index contributed by atoms with van der Waals surface area (Å²) in [5, 5.41) is 32.3. The fraction of sp³-hybridized carbons (Fsp3) is 0.500. The van der Waals surface area contributed by atoms with Crippen molar-refractivity contribution in [2.75, 3.05) is 5.75 Å². The van der Waals surface area contributed by atoms with Crippen molar-refractivity contribution in [2.24, 2.45) is 5.92 Å². The number of aromatic nitrogens is 4. The molecule has 1 fully saturated rings. The minimum Gasteiger partial charge on any atom is -0.477 e. The Hall–Kier alpha value is -1.59. The molecule has 3 heterocycles. The number of hydrogen-bond acceptors (Lipinski definition) is 8. The highest BCUT2D eigenvalue weighted by Crippen LogP contribution is 2.51. The maximum Gasteiger partial charge on any atom is 0.353 e. The largest absolute Gasteiger partial charge is 0.477 e. The Kier molecular flexibility index (Phi) is 3.63. The molecule has 1 amide bonds. The first-order valence-corrected chi connectivity index (χ1v) is 7.87. The minimum atomic E-state index is -1.15. The van der Waals surface area contributed by atoms with E-state index in [1.165, 1.54) is 35.3 Å². The quantitative estimate of drug-likeness (QED) is 0.483. The Morgan fingerprint density at radius 1 is 1.62 bits per heavy atom. The Morgan fingerprint density at radius 2 is 2.38 bits per heavy atom. The van der Waals surface area contributed by atoms with E-state index in [2.05, 4.69) is 20.6 Å². The number of carbonyl (C=O) groups excluding carboxylic acids is 1. The number of carboxylic acids is 1. The van der Waals surface area contributed by atoms with Gasteiger partial charge < -0.3 is 10.2 Å². The van der Waals surface area contributed by atoms with Crippen LogP contribution in [0.4, 0.5) is 0 Å². The van der Waals surface area contributed by atoms with Gasteiger partial charge in [0.2, 0.25) is 11.1 Å². The van der Waals surface area contributed by atoms with Gasteiger partial charge in [-0.15, -0.1) is 22.0 Å². The normalized spacial score (nSPS) is 25.8. The Bertz CT molecular complexity index is 617. The van der Waals surface area contributed by atoms with Crippen LogP contribution in [-0.2, 0) is 9.59 Å². The highest BCUT2D eigenvalue weighted by atomic mass is 32.2. The average Bonchev–Trinajstić information content (AvgIpc) is 3.01. The number of aliphatic hydroxyl groups is 1. The van der Waals surface area contributed by atoms with Crippen LogP contribution in [0.5, 0.6) is 0 Å². The van der Waals surface area contributed by atoms with E-state index in [4.69, 9.17) is 0 Å². The van der Waals surface area contributed by atoms with E-state index in [9.17, 15) is 19.8 Å². The van der Waals surface area contributed by atoms with Crippen LogP contribution in [0.25, 0.3) is 0 Å². The maximum absolute atomic E-state index is 12.0. The summed E-state index contributed by atoms with van der Waals surface area (Å²) in [4.78, 5) is 25.2. The number of rotatable bonds is 5. The summed E-state index contributed by atoms with van der Waals surface area (Å²) in [6.45, 7) is 1.53. The first kappa shape index (κ1) is 14.4. The van der Waals surface area contributed by atoms with Crippen molar-refractivity contribution in [1.29, 1.82) is 0 Å². The number of aliphatic hydroxyl groups excluding tert-OH is 1. The fourth-order valence-corrected chi connectivity index (χ4v) is 4.74. The Labute approximate surface area is 127 Å². The zero-order valence-corrected chi connectivity index (χ0v) is 12.4. The average molecular weight is 329 g/mol. The van der Waals surface area contributed by atoms with Gasteiger partial charge in [0.1, 0.15) is 11.1 Å². The van der Waals surface area contributed by atoms with Gasteiger partial charge in [-0.1, -0.05) is 11.8 Å². The number of amides is 1. The van der Waals surface area contributed by atoms with Crippen LogP contribution >= 0.6 is 23.5 Å². The van der Waals surface area contributed by atoms with Crippen LogP contribution < -0.4 is 0 Å². The summed E-state index contributed by atoms with van der Waals surface area (Å²) in [7, 11) is 0. The molecular formula is C10H11N5O4S2. The number of hydrogen-bond donors (Lipinski definition) is 3. The van der Waals surface area contributed by atoms with E-state index in [0.717, 1.165) is 0 Å². The Morgan fingerprint density at radius 3 is 2.95 bits per heavy atom. The standard InChI is InChI=1S/C10H11N5O4S2/c1-3(16)5-7(17)15-6(9(18)19)4(21-8(5)15)2-20-10-11-13-14-12-10/h3,5,8,16H,2H2,1H3,(H,18,19)(H,11,12,13,14)/t3?,5-,8+/m0/s1. The zero-order valence-electron chi connectivity index (χ0n) is 10.8. The van der Waals surface area contributed by atoms with Gasteiger partial charge in [-0.3, -0.25) is 9.69 Å². The number of tetrazole rings is 1. The van der Waals surface area contributed by atoms with Crippen molar-refractivity contribution >= 4 is 35.4 Å². The van der Waals surface area contributed by atoms with Crippen molar-refractivity contribution in [3.05, 3.63) is 10.6 Å². The molecule has 0 aliphatic carbocycles. The molecule has 3 atom stereocenters. The molecule has 0 radical (unpaired) electrons. The molecule has 2 aliphatic rings. The van der Waals surface area contributed by atoms with Gasteiger partial charge >= 0.3 is 5.97 Å². The summed E-state index contributed by atoms with van der Waals surface area (Å²) in [5.41, 5.74) is -0.0112. The second kappa shape index (κ2) is 5.31. The first-order chi connectivity index (χ1) is 10.0. The van der Waals surface area contributed by atoms with E-state index in [0.29, 0.717) is 15.8 Å². The summed E-state index contributed by atoms with van der Waals surface area (Å²) in [6.07, 6.45) is -0.800. The van der Waals surface area contributed by atoms with Crippen molar-refractivity contribution in [1.82, 2.24) is 25.5 Å². The number of carboxylic acid groups (broad SMARTS) is 1. The van der Waals surface area contributed by atoms with Crippen molar-refractivity contribution < 1.29 is 19.8 Å². The smallest absolute Gasteiger partial charge is 0.353 e. The first-order valence-electron chi connectivity index (χ1n) is 6.01. The van der Waals surface area contributed by atoms with Gasteiger partial charge in [0.25, 0.3) is 0 Å². The van der Waals surface area contributed by atoms with Gasteiger partial charge in [0, 0.05) is 10.7 Å². The molecule has 0 bridgehead atoms. The lowest BCUT2D eigenvalue weighted by molar-refractivity contribution is -0.156. The van der Waals surface area contributed by atoms with Crippen LogP contribution in [0.2, 0.25) is 0 Å². The molecule has 112 valence electrons. The molecule has 1 aromatic rings. The summed E-state index contributed by atoms with van der Waals surface area (Å²) in [6, 6.07) is 0. The number of H-pyrrole nitrogens is 1. The van der Waals surface area contributed by atoms with Crippen LogP contribution in [0.1, 0.15) is 6.92 Å². The number of fused-ring (bicyclic) bond motifs is 1. The number of nitrogens with one attached hydrogen (secondary N) is 1. The van der Waals surface area contributed by atoms with Gasteiger partial charge in [0.05, 0.1) is 12.0 Å². The van der Waals surface area contributed by atoms with E-state index >= 15 is 0 Å². The van der Waals surface area contributed by atoms with E-state index in [1.807, 2.05) is 0 Å². The molecule has 11 heteroatoms. The number of carbonyl (C=O) groups is 2. The predicted molar refractivity (Wildman–Crippen MR) is 73.0 cm³/mol. The SMILES string of the molecule is CC(O)[C@H]1C(=O)N2C(C(=O)O)=C(CSc3nn[nH]n3)S[C@H]12. The highest BCUT2D eigenvalue weighted by molar-refractivity contribution is 8.06. The van der Waals surface area contributed by atoms with Crippen LogP contribution in [-0.4, -0.2) is 64.8 Å². The molecule has 9 nitrogen and oxygen atoms in total. The van der Waals surface area contributed by atoms with Crippen molar-refractivity contribution in [2.45, 2.75) is 23.6 Å². The molecule has 0 aromatic carbocycles. The lowest BCUT2D eigenvalue weighted by Gasteiger charge is -2.43. The maximum atomic E-state index is 12.0. The molecule has 3 rings (SSSR count). The molecule has 3 N–H and O–H groups in total. The molecule has 0 spiro atoms. The molecule has 0 saturated carbocycles. The lowest BCUT2D eigenvalue weighted by Crippen LogP contribution is -2.60. The Balaban J connectivity index is 1.79. The predicted octanol–water partition coefficient (Wildman–Crippen LogP) is -0.500. The van der Waals surface area contributed by atoms with Gasteiger partial charge in [-0.25, -0.2) is 4.79 Å². The third-order valence-corrected chi connectivity index (χ3v) is 5.65. The number of aromatic amines is 1. The van der Waals surface area contributed by atoms with Crippen molar-refractivity contribution in [3.8, 4) is 0 Å². The summed E-state index contributed by atoms with van der Waals surface area (Å²) >= 11 is 2.53. The highest BCUT2D eigenvalue weighted by Gasteiger charge is 2.57. The zero-order chi connectivity index (χ0) is 15.1. The molecular weight excluding hydrogens is 318 g/mol. The minimum absolute atomic E-state index is 0.0112. The molecule has 1 unspecified atom stereocenters. The summed E-state index contributed by atoms with van der Waals surface area (Å²) < 4.78 is 0. The third kappa shape index (κ3) is 2.30. The van der Waals surface area contributed by atoms with E-state index in [-0.39, 0.29) is 17.0 Å². The monoisotopic (exact) mass is 329 g/mol. The van der Waals surface area contributed by atoms with E-state index in [1.54, 1.807) is 0 Å². The molecule has 1 saturated heterocycles. The number of aliphatic carboxylic acids is 1. The van der Waals surface area contributed by atoms with Gasteiger partial charge in [-0.05, 0) is 12.1 Å². The molecule has 1 aromatic heterocycles. The second-order valence-corrected chi connectivity index (χ2v) is 6.70. The van der Waals surface area contributed by atoms with Gasteiger partial charge in [-0.2, -0.15) is 5.21 Å². The van der Waals surface area contributed by atoms with Crippen LogP contribution in [0, 0.1) is 5.92 Å². The number of thioether (sulfide) groups is 2. The lowest BCUT2D eigenvalue weighted by atomic mass is 9.92. The van der Waals surface area contributed by atoms with E-state index < -0.39 is 18.0 Å². The molecule has 2 aliphatic heterocycles. The fourth-order valence-electron chi connectivity index (χ4n) is 2.30. The number of nitrogens with zero attached hydrogens (tertiary/aromatic N) is 4. The van der Waals surface area contributed by atoms with Crippen LogP contribution in [0.15, 0.2) is 15.8 Å². The molecule has 21 heavy (non-hydrogen) atoms. The second-order valence-electron chi connectivity index (χ2n) is 4.54. The summed E-state index contributed by atoms with van der Waals surface area (Å²) in [5.74, 6) is -1.72.